The van der Waals surface area contributed by atoms with E-state index in [-0.39, 0.29) is 17.9 Å². The number of pyridine rings is 1. The molecule has 0 saturated heterocycles. The Hall–Kier alpha value is -4.86. The van der Waals surface area contributed by atoms with Crippen LogP contribution in [-0.2, 0) is 10.2 Å². The quantitative estimate of drug-likeness (QED) is 0.294. The SMILES string of the molecule is CC(C)(C)c1cc(NC(=O)Nc2cccc(Oc3ccnc4c3NCC(=O)N4)c2)n(-c2ccccc2)n1. The predicted molar refractivity (Wildman–Crippen MR) is 143 cm³/mol. The van der Waals surface area contributed by atoms with Gasteiger partial charge in [-0.3, -0.25) is 10.1 Å². The zero-order chi connectivity index (χ0) is 26.0. The topological polar surface area (TPSA) is 122 Å². The Balaban J connectivity index is 1.33. The van der Waals surface area contributed by atoms with E-state index in [2.05, 4.69) is 47.0 Å². The molecule has 2 aromatic carbocycles. The standard InChI is InChI=1S/C27H27N7O3/c1-27(2,3)21-15-22(34(33-21)18-9-5-4-6-10-18)31-26(36)30-17-8-7-11-19(14-17)37-20-12-13-28-25-24(20)29-16-23(35)32-25/h4-15,29H,16H2,1-3H3,(H,28,32,35)(H2,30,31,36). The third kappa shape index (κ3) is 5.37. The molecule has 0 bridgehead atoms. The van der Waals surface area contributed by atoms with E-state index in [1.165, 1.54) is 0 Å². The minimum Gasteiger partial charge on any atom is -0.455 e. The molecule has 0 spiro atoms. The molecule has 0 unspecified atom stereocenters. The lowest BCUT2D eigenvalue weighted by Crippen LogP contribution is -2.28. The first-order chi connectivity index (χ1) is 17.8. The van der Waals surface area contributed by atoms with E-state index in [1.54, 1.807) is 41.2 Å². The third-order valence-corrected chi connectivity index (χ3v) is 5.64. The van der Waals surface area contributed by atoms with Crippen LogP contribution in [-0.4, -0.2) is 33.2 Å². The van der Waals surface area contributed by atoms with Gasteiger partial charge in [-0.1, -0.05) is 45.0 Å². The largest absolute Gasteiger partial charge is 0.455 e. The molecule has 37 heavy (non-hydrogen) atoms. The van der Waals surface area contributed by atoms with E-state index in [4.69, 9.17) is 9.84 Å². The van der Waals surface area contributed by atoms with Gasteiger partial charge in [0, 0.05) is 35.5 Å². The normalized spacial score (nSPS) is 12.7. The first-order valence-electron chi connectivity index (χ1n) is 11.8. The van der Waals surface area contributed by atoms with Crippen LogP contribution in [0, 0.1) is 0 Å². The second-order valence-electron chi connectivity index (χ2n) is 9.56. The lowest BCUT2D eigenvalue weighted by atomic mass is 9.92. The number of urea groups is 1. The Morgan fingerprint density at radius 1 is 1.03 bits per heavy atom. The number of amides is 3. The Morgan fingerprint density at radius 2 is 1.84 bits per heavy atom. The number of fused-ring (bicyclic) bond motifs is 1. The molecule has 1 aliphatic heterocycles. The van der Waals surface area contributed by atoms with E-state index in [1.807, 2.05) is 36.4 Å². The summed E-state index contributed by atoms with van der Waals surface area (Å²) in [4.78, 5) is 28.7. The van der Waals surface area contributed by atoms with Crippen molar-refractivity contribution >= 4 is 34.9 Å². The molecular weight excluding hydrogens is 470 g/mol. The molecule has 0 fully saturated rings. The van der Waals surface area contributed by atoms with Crippen molar-refractivity contribution in [3.63, 3.8) is 0 Å². The number of hydrogen-bond donors (Lipinski definition) is 4. The molecule has 0 aliphatic carbocycles. The monoisotopic (exact) mass is 497 g/mol. The van der Waals surface area contributed by atoms with Gasteiger partial charge in [0.25, 0.3) is 0 Å². The van der Waals surface area contributed by atoms with Crippen molar-refractivity contribution in [2.24, 2.45) is 0 Å². The molecule has 0 saturated carbocycles. The van der Waals surface area contributed by atoms with E-state index < -0.39 is 6.03 Å². The summed E-state index contributed by atoms with van der Waals surface area (Å²) in [7, 11) is 0. The van der Waals surface area contributed by atoms with Gasteiger partial charge in [0.15, 0.2) is 11.6 Å². The summed E-state index contributed by atoms with van der Waals surface area (Å²) < 4.78 is 7.75. The van der Waals surface area contributed by atoms with Crippen molar-refractivity contribution in [1.29, 1.82) is 0 Å². The van der Waals surface area contributed by atoms with E-state index in [9.17, 15) is 9.59 Å². The predicted octanol–water partition coefficient (Wildman–Crippen LogP) is 5.37. The number of anilines is 4. The molecule has 10 heteroatoms. The highest BCUT2D eigenvalue weighted by molar-refractivity contribution is 6.01. The molecule has 10 nitrogen and oxygen atoms in total. The Kier molecular flexibility index (Phi) is 6.22. The molecule has 5 rings (SSSR count). The zero-order valence-corrected chi connectivity index (χ0v) is 20.7. The Labute approximate surface area is 214 Å². The van der Waals surface area contributed by atoms with Crippen LogP contribution in [0.5, 0.6) is 11.5 Å². The average Bonchev–Trinajstić information content (AvgIpc) is 3.29. The Bertz CT molecular complexity index is 1460. The summed E-state index contributed by atoms with van der Waals surface area (Å²) in [5.41, 5.74) is 2.65. The highest BCUT2D eigenvalue weighted by atomic mass is 16.5. The number of nitrogens with one attached hydrogen (secondary N) is 4. The molecule has 4 aromatic rings. The zero-order valence-electron chi connectivity index (χ0n) is 20.7. The van der Waals surface area contributed by atoms with Gasteiger partial charge in [-0.25, -0.2) is 14.5 Å². The van der Waals surface area contributed by atoms with Crippen LogP contribution in [0.1, 0.15) is 26.5 Å². The number of para-hydroxylation sites is 1. The van der Waals surface area contributed by atoms with Crippen molar-refractivity contribution < 1.29 is 14.3 Å². The summed E-state index contributed by atoms with van der Waals surface area (Å²) in [6, 6.07) is 19.8. The molecule has 0 radical (unpaired) electrons. The molecule has 3 heterocycles. The minimum absolute atomic E-state index is 0.132. The fourth-order valence-corrected chi connectivity index (χ4v) is 3.79. The summed E-state index contributed by atoms with van der Waals surface area (Å²) in [6.07, 6.45) is 1.55. The summed E-state index contributed by atoms with van der Waals surface area (Å²) >= 11 is 0. The first kappa shape index (κ1) is 23.9. The molecular formula is C27H27N7O3. The van der Waals surface area contributed by atoms with Crippen LogP contribution >= 0.6 is 0 Å². The van der Waals surface area contributed by atoms with Crippen LogP contribution in [0.3, 0.4) is 0 Å². The number of rotatable bonds is 5. The second kappa shape index (κ2) is 9.65. The lowest BCUT2D eigenvalue weighted by Gasteiger charge is -2.20. The van der Waals surface area contributed by atoms with Crippen molar-refractivity contribution in [3.8, 4) is 17.2 Å². The van der Waals surface area contributed by atoms with Gasteiger partial charge in [0.05, 0.1) is 17.9 Å². The molecule has 4 N–H and O–H groups in total. The summed E-state index contributed by atoms with van der Waals surface area (Å²) in [5, 5.41) is 16.2. The fourth-order valence-electron chi connectivity index (χ4n) is 3.79. The maximum absolute atomic E-state index is 13.0. The number of ether oxygens (including phenoxy) is 1. The molecule has 0 atom stereocenters. The van der Waals surface area contributed by atoms with Crippen LogP contribution in [0.25, 0.3) is 5.69 Å². The van der Waals surface area contributed by atoms with E-state index >= 15 is 0 Å². The maximum atomic E-state index is 13.0. The molecule has 3 amide bonds. The first-order valence-corrected chi connectivity index (χ1v) is 11.8. The van der Waals surface area contributed by atoms with Crippen molar-refractivity contribution in [2.75, 3.05) is 27.8 Å². The number of carbonyl (C=O) groups excluding carboxylic acids is 2. The third-order valence-electron chi connectivity index (χ3n) is 5.64. The second-order valence-corrected chi connectivity index (χ2v) is 9.56. The van der Waals surface area contributed by atoms with Crippen molar-refractivity contribution in [1.82, 2.24) is 14.8 Å². The molecule has 1 aliphatic rings. The Morgan fingerprint density at radius 3 is 2.62 bits per heavy atom. The number of aromatic nitrogens is 3. The highest BCUT2D eigenvalue weighted by Gasteiger charge is 2.22. The van der Waals surface area contributed by atoms with E-state index in [0.717, 1.165) is 11.4 Å². The fraction of sp³-hybridized carbons (Fsp3) is 0.185. The van der Waals surface area contributed by atoms with Gasteiger partial charge in [-0.05, 0) is 24.3 Å². The van der Waals surface area contributed by atoms with Crippen molar-refractivity contribution in [3.05, 3.63) is 78.6 Å². The number of nitrogens with zero attached hydrogens (tertiary/aromatic N) is 3. The maximum Gasteiger partial charge on any atom is 0.324 e. The molecule has 2 aromatic heterocycles. The van der Waals surface area contributed by atoms with Gasteiger partial charge < -0.3 is 20.7 Å². The van der Waals surface area contributed by atoms with Crippen LogP contribution in [0.15, 0.2) is 72.9 Å². The number of hydrogen-bond acceptors (Lipinski definition) is 6. The van der Waals surface area contributed by atoms with Crippen LogP contribution < -0.4 is 26.0 Å². The smallest absolute Gasteiger partial charge is 0.324 e. The van der Waals surface area contributed by atoms with E-state index in [0.29, 0.717) is 34.5 Å². The number of benzene rings is 2. The van der Waals surface area contributed by atoms with Gasteiger partial charge in [0.1, 0.15) is 17.3 Å². The number of carbonyl (C=O) groups is 2. The van der Waals surface area contributed by atoms with Crippen LogP contribution in [0.2, 0.25) is 0 Å². The highest BCUT2D eigenvalue weighted by Crippen LogP contribution is 2.36. The van der Waals surface area contributed by atoms with Gasteiger partial charge in [0.2, 0.25) is 5.91 Å². The average molecular weight is 498 g/mol. The summed E-state index contributed by atoms with van der Waals surface area (Å²) in [5.74, 6) is 1.81. The van der Waals surface area contributed by atoms with Gasteiger partial charge in [-0.2, -0.15) is 5.10 Å². The van der Waals surface area contributed by atoms with Gasteiger partial charge in [-0.15, -0.1) is 0 Å². The van der Waals surface area contributed by atoms with Gasteiger partial charge >= 0.3 is 6.03 Å². The van der Waals surface area contributed by atoms with Crippen LogP contribution in [0.4, 0.5) is 27.8 Å². The minimum atomic E-state index is -0.416. The molecule has 188 valence electrons. The summed E-state index contributed by atoms with van der Waals surface area (Å²) in [6.45, 7) is 6.35. The van der Waals surface area contributed by atoms with Crippen molar-refractivity contribution in [2.45, 2.75) is 26.2 Å². The lowest BCUT2D eigenvalue weighted by molar-refractivity contribution is -0.114.